The summed E-state index contributed by atoms with van der Waals surface area (Å²) in [5, 5.41) is 2.92. The van der Waals surface area contributed by atoms with Crippen molar-refractivity contribution in [2.75, 3.05) is 26.7 Å². The Labute approximate surface area is 179 Å². The Morgan fingerprint density at radius 2 is 1.76 bits per heavy atom. The molecule has 9 nitrogen and oxygen atoms in total. The Kier molecular flexibility index (Phi) is 8.88. The second-order valence-electron chi connectivity index (χ2n) is 7.11. The van der Waals surface area contributed by atoms with Crippen molar-refractivity contribution >= 4 is 51.0 Å². The number of ether oxygens (including phenoxy) is 1. The maximum absolute atomic E-state index is 12.1. The number of hydrogen-bond acceptors (Lipinski definition) is 6. The van der Waals surface area contributed by atoms with E-state index >= 15 is 0 Å². The lowest BCUT2D eigenvalue weighted by atomic mass is 10.1. The van der Waals surface area contributed by atoms with Crippen LogP contribution in [-0.4, -0.2) is 63.4 Å². The molecule has 29 heavy (non-hydrogen) atoms. The van der Waals surface area contributed by atoms with Gasteiger partial charge in [-0.15, -0.1) is 0 Å². The number of esters is 1. The van der Waals surface area contributed by atoms with E-state index in [2.05, 4.69) is 5.32 Å². The fourth-order valence-electron chi connectivity index (χ4n) is 1.95. The van der Waals surface area contributed by atoms with E-state index in [0.29, 0.717) is 0 Å². The Hall–Kier alpha value is -1.88. The first-order chi connectivity index (χ1) is 13.2. The van der Waals surface area contributed by atoms with Gasteiger partial charge >= 0.3 is 5.97 Å². The van der Waals surface area contributed by atoms with E-state index in [-0.39, 0.29) is 27.4 Å². The number of carbonyl (C=O) groups excluding carboxylic acids is 3. The minimum atomic E-state index is -4.02. The summed E-state index contributed by atoms with van der Waals surface area (Å²) in [6.45, 7) is 3.86. The van der Waals surface area contributed by atoms with Gasteiger partial charge in [0.2, 0.25) is 15.9 Å². The van der Waals surface area contributed by atoms with Gasteiger partial charge in [0.25, 0.3) is 5.91 Å². The summed E-state index contributed by atoms with van der Waals surface area (Å²) in [7, 11) is -2.64. The molecule has 0 aromatic heterocycles. The molecule has 2 amide bonds. The molecule has 2 N–H and O–H groups in total. The highest BCUT2D eigenvalue weighted by molar-refractivity contribution is 7.89. The second-order valence-corrected chi connectivity index (χ2v) is 9.69. The van der Waals surface area contributed by atoms with Gasteiger partial charge in [-0.25, -0.2) is 8.42 Å². The van der Waals surface area contributed by atoms with Crippen molar-refractivity contribution in [3.8, 4) is 0 Å². The van der Waals surface area contributed by atoms with Crippen LogP contribution >= 0.6 is 23.2 Å². The first-order valence-electron chi connectivity index (χ1n) is 8.36. The first-order valence-corrected chi connectivity index (χ1v) is 10.6. The molecule has 0 unspecified atom stereocenters. The molecule has 0 aliphatic heterocycles. The van der Waals surface area contributed by atoms with Crippen molar-refractivity contribution < 1.29 is 27.5 Å². The average molecular weight is 468 g/mol. The predicted octanol–water partition coefficient (Wildman–Crippen LogP) is 1.19. The van der Waals surface area contributed by atoms with Crippen LogP contribution in [0.25, 0.3) is 0 Å². The van der Waals surface area contributed by atoms with Crippen LogP contribution in [0.15, 0.2) is 23.1 Å². The third-order valence-corrected chi connectivity index (χ3v) is 5.42. The summed E-state index contributed by atoms with van der Waals surface area (Å²) < 4.78 is 31.1. The van der Waals surface area contributed by atoms with E-state index in [0.717, 1.165) is 11.0 Å². The van der Waals surface area contributed by atoms with E-state index in [1.165, 1.54) is 19.2 Å². The standard InChI is InChI=1S/C17H23Cl2N3O6S/c1-17(2,3)21-14(23)9-22(4)15(24)10-28-16(25)8-20-29(26,27)11-5-6-12(18)13(19)7-11/h5-7,20H,8-10H2,1-4H3,(H,21,23). The van der Waals surface area contributed by atoms with Crippen molar-refractivity contribution in [3.05, 3.63) is 28.2 Å². The van der Waals surface area contributed by atoms with Crippen molar-refractivity contribution in [1.29, 1.82) is 0 Å². The summed E-state index contributed by atoms with van der Waals surface area (Å²) >= 11 is 11.5. The molecule has 0 fully saturated rings. The molecule has 0 aliphatic rings. The topological polar surface area (TPSA) is 122 Å². The van der Waals surface area contributed by atoms with Crippen LogP contribution in [-0.2, 0) is 29.1 Å². The van der Waals surface area contributed by atoms with Gasteiger partial charge in [-0.1, -0.05) is 23.2 Å². The van der Waals surface area contributed by atoms with Crippen LogP contribution < -0.4 is 10.0 Å². The highest BCUT2D eigenvalue weighted by atomic mass is 35.5. The summed E-state index contributed by atoms with van der Waals surface area (Å²) in [6.07, 6.45) is 0. The lowest BCUT2D eigenvalue weighted by Crippen LogP contribution is -2.47. The molecule has 0 bridgehead atoms. The van der Waals surface area contributed by atoms with Gasteiger partial charge in [-0.05, 0) is 39.0 Å². The van der Waals surface area contributed by atoms with Crippen molar-refractivity contribution in [3.63, 3.8) is 0 Å². The molecule has 0 radical (unpaired) electrons. The van der Waals surface area contributed by atoms with E-state index in [1.54, 1.807) is 20.8 Å². The van der Waals surface area contributed by atoms with E-state index in [4.69, 9.17) is 27.9 Å². The smallest absolute Gasteiger partial charge is 0.321 e. The van der Waals surface area contributed by atoms with Gasteiger partial charge in [0.05, 0.1) is 21.5 Å². The zero-order valence-electron chi connectivity index (χ0n) is 16.4. The fourth-order valence-corrected chi connectivity index (χ4v) is 3.30. The number of halogens is 2. The lowest BCUT2D eigenvalue weighted by Gasteiger charge is -2.23. The molecule has 1 aromatic rings. The molecule has 0 heterocycles. The highest BCUT2D eigenvalue weighted by Crippen LogP contribution is 2.24. The second kappa shape index (κ2) is 10.2. The number of rotatable bonds is 8. The number of sulfonamides is 1. The first kappa shape index (κ1) is 25.2. The van der Waals surface area contributed by atoms with Gasteiger partial charge in [0.15, 0.2) is 6.61 Å². The number of nitrogens with one attached hydrogen (secondary N) is 2. The van der Waals surface area contributed by atoms with Crippen LogP contribution in [0.5, 0.6) is 0 Å². The van der Waals surface area contributed by atoms with Crippen LogP contribution in [0.3, 0.4) is 0 Å². The molecular formula is C17H23Cl2N3O6S. The van der Waals surface area contributed by atoms with Gasteiger partial charge in [0, 0.05) is 12.6 Å². The minimum Gasteiger partial charge on any atom is -0.455 e. The third kappa shape index (κ3) is 8.99. The summed E-state index contributed by atoms with van der Waals surface area (Å²) in [4.78, 5) is 36.4. The molecule has 0 atom stereocenters. The molecule has 1 aromatic carbocycles. The van der Waals surface area contributed by atoms with Crippen molar-refractivity contribution in [2.24, 2.45) is 0 Å². The fraction of sp³-hybridized carbons (Fsp3) is 0.471. The highest BCUT2D eigenvalue weighted by Gasteiger charge is 2.20. The number of likely N-dealkylation sites (N-methyl/N-ethyl adjacent to an activating group) is 1. The summed E-state index contributed by atoms with van der Waals surface area (Å²) in [5.41, 5.74) is -0.446. The monoisotopic (exact) mass is 467 g/mol. The Balaban J connectivity index is 2.49. The molecule has 12 heteroatoms. The lowest BCUT2D eigenvalue weighted by molar-refractivity contribution is -0.151. The number of amides is 2. The van der Waals surface area contributed by atoms with E-state index < -0.39 is 40.6 Å². The van der Waals surface area contributed by atoms with Gasteiger partial charge in [0.1, 0.15) is 6.54 Å². The van der Waals surface area contributed by atoms with Crippen LogP contribution in [0.2, 0.25) is 10.0 Å². The third-order valence-electron chi connectivity index (χ3n) is 3.29. The molecule has 162 valence electrons. The van der Waals surface area contributed by atoms with Crippen LogP contribution in [0.4, 0.5) is 0 Å². The molecule has 1 rings (SSSR count). The maximum Gasteiger partial charge on any atom is 0.321 e. The minimum absolute atomic E-state index is 0.0428. The Morgan fingerprint density at radius 3 is 2.31 bits per heavy atom. The predicted molar refractivity (Wildman–Crippen MR) is 108 cm³/mol. The normalized spacial score (nSPS) is 11.7. The van der Waals surface area contributed by atoms with E-state index in [1.807, 2.05) is 4.72 Å². The number of nitrogens with zero attached hydrogens (tertiary/aromatic N) is 1. The average Bonchev–Trinajstić information content (AvgIpc) is 2.58. The van der Waals surface area contributed by atoms with Gasteiger partial charge in [-0.2, -0.15) is 4.72 Å². The number of carbonyl (C=O) groups is 3. The Bertz CT molecular complexity index is 884. The number of benzene rings is 1. The van der Waals surface area contributed by atoms with Crippen LogP contribution in [0.1, 0.15) is 20.8 Å². The SMILES string of the molecule is CN(CC(=O)NC(C)(C)C)C(=O)COC(=O)CNS(=O)(=O)c1ccc(Cl)c(Cl)c1. The zero-order chi connectivity index (χ0) is 22.4. The molecule has 0 saturated carbocycles. The molecule has 0 spiro atoms. The van der Waals surface area contributed by atoms with Crippen molar-refractivity contribution in [2.45, 2.75) is 31.2 Å². The largest absolute Gasteiger partial charge is 0.455 e. The number of hydrogen-bond donors (Lipinski definition) is 2. The van der Waals surface area contributed by atoms with E-state index in [9.17, 15) is 22.8 Å². The quantitative estimate of drug-likeness (QED) is 0.553. The zero-order valence-corrected chi connectivity index (χ0v) is 18.7. The maximum atomic E-state index is 12.1. The van der Waals surface area contributed by atoms with Crippen molar-refractivity contribution in [1.82, 2.24) is 14.9 Å². The Morgan fingerprint density at radius 1 is 1.14 bits per heavy atom. The summed E-state index contributed by atoms with van der Waals surface area (Å²) in [5.74, 6) is -1.95. The molecule has 0 saturated heterocycles. The summed E-state index contributed by atoms with van der Waals surface area (Å²) in [6, 6.07) is 3.67. The van der Waals surface area contributed by atoms with Crippen LogP contribution in [0, 0.1) is 0 Å². The molecular weight excluding hydrogens is 445 g/mol. The molecule has 0 aliphatic carbocycles. The van der Waals surface area contributed by atoms with Gasteiger partial charge < -0.3 is 15.0 Å². The van der Waals surface area contributed by atoms with Gasteiger partial charge in [-0.3, -0.25) is 14.4 Å².